The van der Waals surface area contributed by atoms with Gasteiger partial charge < -0.3 is 10.6 Å². The molecule has 0 spiro atoms. The maximum atomic E-state index is 6.06. The molecule has 0 aliphatic heterocycles. The van der Waals surface area contributed by atoms with Gasteiger partial charge >= 0.3 is 0 Å². The molecule has 0 atom stereocenters. The molecule has 124 valence electrons. The Balaban J connectivity index is 1.32. The van der Waals surface area contributed by atoms with E-state index in [0.717, 1.165) is 34.3 Å². The molecule has 23 heavy (non-hydrogen) atoms. The molecule has 5 heteroatoms. The van der Waals surface area contributed by atoms with Gasteiger partial charge in [-0.05, 0) is 85.7 Å². The highest BCUT2D eigenvalue weighted by Gasteiger charge is 2.48. The predicted molar refractivity (Wildman–Crippen MR) is 99.9 cm³/mol. The van der Waals surface area contributed by atoms with Crippen LogP contribution in [0.25, 0.3) is 0 Å². The van der Waals surface area contributed by atoms with E-state index in [1.54, 1.807) is 0 Å². The molecule has 2 N–H and O–H groups in total. The van der Waals surface area contributed by atoms with Crippen LogP contribution >= 0.6 is 35.4 Å². The maximum absolute atomic E-state index is 6.06. The molecule has 0 aromatic heterocycles. The molecule has 0 heterocycles. The average molecular weight is 369 g/mol. The van der Waals surface area contributed by atoms with Crippen LogP contribution in [0.4, 0.5) is 0 Å². The van der Waals surface area contributed by atoms with E-state index in [2.05, 4.69) is 10.6 Å². The number of rotatable bonds is 3. The summed E-state index contributed by atoms with van der Waals surface area (Å²) in [5, 5.41) is 8.89. The molecule has 1 aromatic rings. The minimum Gasteiger partial charge on any atom is -0.359 e. The van der Waals surface area contributed by atoms with E-state index >= 15 is 0 Å². The third-order valence-corrected chi connectivity index (χ3v) is 6.96. The van der Waals surface area contributed by atoms with Crippen molar-refractivity contribution in [2.45, 2.75) is 44.7 Å². The summed E-state index contributed by atoms with van der Waals surface area (Å²) in [7, 11) is 0. The standard InChI is InChI=1S/C18H22Cl2N2S/c19-15-2-1-10(8-16(15)20)9-21-18(23)22-17-13-4-11-3-12(6-13)7-14(17)5-11/h1-2,8,11-14,17H,3-7,9H2,(H2,21,22,23). The summed E-state index contributed by atoms with van der Waals surface area (Å²) < 4.78 is 0. The third-order valence-electron chi connectivity index (χ3n) is 5.96. The summed E-state index contributed by atoms with van der Waals surface area (Å²) >= 11 is 17.5. The summed E-state index contributed by atoms with van der Waals surface area (Å²) in [6, 6.07) is 6.28. The van der Waals surface area contributed by atoms with Gasteiger partial charge in [-0.25, -0.2) is 0 Å². The largest absolute Gasteiger partial charge is 0.359 e. The Morgan fingerprint density at radius 2 is 1.65 bits per heavy atom. The zero-order valence-electron chi connectivity index (χ0n) is 13.0. The number of halogens is 2. The Kier molecular flexibility index (Phi) is 4.46. The van der Waals surface area contributed by atoms with E-state index < -0.39 is 0 Å². The summed E-state index contributed by atoms with van der Waals surface area (Å²) in [4.78, 5) is 0. The highest BCUT2D eigenvalue weighted by Crippen LogP contribution is 2.53. The molecule has 0 amide bonds. The first-order valence-electron chi connectivity index (χ1n) is 8.57. The monoisotopic (exact) mass is 368 g/mol. The first-order chi connectivity index (χ1) is 11.1. The van der Waals surface area contributed by atoms with Crippen molar-refractivity contribution in [2.75, 3.05) is 0 Å². The average Bonchev–Trinajstić information content (AvgIpc) is 2.51. The minimum atomic E-state index is 0.580. The van der Waals surface area contributed by atoms with Crippen LogP contribution in [0.15, 0.2) is 18.2 Å². The van der Waals surface area contributed by atoms with Crippen LogP contribution in [0.1, 0.15) is 37.7 Å². The van der Waals surface area contributed by atoms with E-state index in [1.165, 1.54) is 32.1 Å². The fraction of sp³-hybridized carbons (Fsp3) is 0.611. The van der Waals surface area contributed by atoms with Crippen LogP contribution in [-0.2, 0) is 6.54 Å². The van der Waals surface area contributed by atoms with Gasteiger partial charge in [0.1, 0.15) is 0 Å². The first-order valence-corrected chi connectivity index (χ1v) is 9.73. The van der Waals surface area contributed by atoms with E-state index in [9.17, 15) is 0 Å². The van der Waals surface area contributed by atoms with E-state index in [1.807, 2.05) is 18.2 Å². The lowest BCUT2D eigenvalue weighted by atomic mass is 9.54. The maximum Gasteiger partial charge on any atom is 0.166 e. The topological polar surface area (TPSA) is 24.1 Å². The van der Waals surface area contributed by atoms with Crippen molar-refractivity contribution in [1.29, 1.82) is 0 Å². The Morgan fingerprint density at radius 1 is 1.00 bits per heavy atom. The number of benzene rings is 1. The van der Waals surface area contributed by atoms with Crippen LogP contribution in [0.3, 0.4) is 0 Å². The smallest absolute Gasteiger partial charge is 0.166 e. The number of thiocarbonyl (C=S) groups is 1. The highest BCUT2D eigenvalue weighted by atomic mass is 35.5. The van der Waals surface area contributed by atoms with Gasteiger partial charge in [0.25, 0.3) is 0 Å². The molecule has 0 radical (unpaired) electrons. The van der Waals surface area contributed by atoms with E-state index in [0.29, 0.717) is 22.6 Å². The molecule has 4 saturated carbocycles. The lowest BCUT2D eigenvalue weighted by molar-refractivity contribution is -0.00694. The fourth-order valence-electron chi connectivity index (χ4n) is 5.20. The van der Waals surface area contributed by atoms with Gasteiger partial charge in [0.2, 0.25) is 0 Å². The molecule has 4 aliphatic carbocycles. The Hall–Kier alpha value is -0.510. The van der Waals surface area contributed by atoms with Crippen LogP contribution in [0, 0.1) is 23.7 Å². The van der Waals surface area contributed by atoms with Gasteiger partial charge in [0.05, 0.1) is 10.0 Å². The molecular weight excluding hydrogens is 347 g/mol. The van der Waals surface area contributed by atoms with Gasteiger partial charge in [0, 0.05) is 12.6 Å². The van der Waals surface area contributed by atoms with E-state index in [4.69, 9.17) is 35.4 Å². The zero-order chi connectivity index (χ0) is 16.0. The van der Waals surface area contributed by atoms with Crippen molar-refractivity contribution >= 4 is 40.5 Å². The fourth-order valence-corrected chi connectivity index (χ4v) is 5.72. The molecule has 4 fully saturated rings. The molecular formula is C18H22Cl2N2S. The second-order valence-electron chi connectivity index (χ2n) is 7.53. The number of nitrogens with one attached hydrogen (secondary N) is 2. The molecule has 1 aromatic carbocycles. The molecule has 5 rings (SSSR count). The SMILES string of the molecule is S=C(NCc1ccc(Cl)c(Cl)c1)NC1C2CC3CC(C2)CC1C3. The van der Waals surface area contributed by atoms with Gasteiger partial charge in [-0.15, -0.1) is 0 Å². The van der Waals surface area contributed by atoms with Crippen molar-refractivity contribution in [3.05, 3.63) is 33.8 Å². The van der Waals surface area contributed by atoms with Crippen molar-refractivity contribution in [2.24, 2.45) is 23.7 Å². The Morgan fingerprint density at radius 3 is 2.26 bits per heavy atom. The quantitative estimate of drug-likeness (QED) is 0.750. The van der Waals surface area contributed by atoms with E-state index in [-0.39, 0.29) is 0 Å². The summed E-state index contributed by atoms with van der Waals surface area (Å²) in [6.07, 6.45) is 7.10. The summed E-state index contributed by atoms with van der Waals surface area (Å²) in [6.45, 7) is 0.677. The van der Waals surface area contributed by atoms with Gasteiger partial charge in [-0.3, -0.25) is 0 Å². The highest BCUT2D eigenvalue weighted by molar-refractivity contribution is 7.80. The molecule has 4 aliphatic rings. The molecule has 0 saturated heterocycles. The van der Waals surface area contributed by atoms with Crippen molar-refractivity contribution < 1.29 is 0 Å². The Labute approximate surface area is 153 Å². The minimum absolute atomic E-state index is 0.580. The summed E-state index contributed by atoms with van der Waals surface area (Å²) in [5.74, 6) is 3.65. The second kappa shape index (κ2) is 6.42. The van der Waals surface area contributed by atoms with Crippen molar-refractivity contribution in [3.63, 3.8) is 0 Å². The first kappa shape index (κ1) is 16.0. The van der Waals surface area contributed by atoms with Crippen LogP contribution in [0.5, 0.6) is 0 Å². The molecule has 2 nitrogen and oxygen atoms in total. The number of hydrogen-bond donors (Lipinski definition) is 2. The zero-order valence-corrected chi connectivity index (χ0v) is 15.4. The van der Waals surface area contributed by atoms with Crippen LogP contribution < -0.4 is 10.6 Å². The molecule has 4 bridgehead atoms. The Bertz CT molecular complexity index is 591. The van der Waals surface area contributed by atoms with Gasteiger partial charge in [-0.1, -0.05) is 29.3 Å². The molecule has 0 unspecified atom stereocenters. The third kappa shape index (κ3) is 3.33. The lowest BCUT2D eigenvalue weighted by Crippen LogP contribution is -2.57. The normalized spacial score (nSPS) is 34.4. The van der Waals surface area contributed by atoms with Gasteiger partial charge in [-0.2, -0.15) is 0 Å². The lowest BCUT2D eigenvalue weighted by Gasteiger charge is -2.54. The summed E-state index contributed by atoms with van der Waals surface area (Å²) in [5.41, 5.74) is 1.09. The van der Waals surface area contributed by atoms with Crippen molar-refractivity contribution in [3.8, 4) is 0 Å². The van der Waals surface area contributed by atoms with Crippen molar-refractivity contribution in [1.82, 2.24) is 10.6 Å². The van der Waals surface area contributed by atoms with Crippen LogP contribution in [-0.4, -0.2) is 11.2 Å². The van der Waals surface area contributed by atoms with Gasteiger partial charge in [0.15, 0.2) is 5.11 Å². The van der Waals surface area contributed by atoms with Crippen LogP contribution in [0.2, 0.25) is 10.0 Å². The second-order valence-corrected chi connectivity index (χ2v) is 8.75. The predicted octanol–water partition coefficient (Wildman–Crippen LogP) is 4.78. The number of hydrogen-bond acceptors (Lipinski definition) is 1.